The molecule has 5 heteroatoms. The molecule has 0 N–H and O–H groups in total. The largest absolute Gasteiger partial charge is 0.516 e. The fourth-order valence-electron chi connectivity index (χ4n) is 1.20. The highest BCUT2D eigenvalue weighted by Gasteiger charge is 2.21. The maximum atomic E-state index is 11.7. The maximum Gasteiger partial charge on any atom is 0.337 e. The second kappa shape index (κ2) is 5.14. The zero-order valence-electron chi connectivity index (χ0n) is 10.4. The summed E-state index contributed by atoms with van der Waals surface area (Å²) in [6.07, 6.45) is 0. The Kier molecular flexibility index (Phi) is 4.06. The predicted molar refractivity (Wildman–Crippen MR) is 66.5 cm³/mol. The molecule has 0 saturated carbocycles. The van der Waals surface area contributed by atoms with Crippen molar-refractivity contribution in [3.8, 4) is 0 Å². The van der Waals surface area contributed by atoms with Crippen LogP contribution in [0.25, 0.3) is 0 Å². The standard InChI is InChI=1S/C12H16O4Si/c1-15-11(13)9-5-7-10(8-6-9)12(14)16-17(2,3)4/h5-8H,1-4H3. The van der Waals surface area contributed by atoms with Gasteiger partial charge >= 0.3 is 11.9 Å². The molecule has 0 radical (unpaired) electrons. The SMILES string of the molecule is COC(=O)c1ccc(C(=O)O[Si](C)(C)C)cc1. The van der Waals surface area contributed by atoms with Crippen molar-refractivity contribution in [2.75, 3.05) is 7.11 Å². The Bertz CT molecular complexity index is 417. The van der Waals surface area contributed by atoms with Gasteiger partial charge in [-0.25, -0.2) is 9.59 Å². The van der Waals surface area contributed by atoms with Gasteiger partial charge < -0.3 is 9.16 Å². The van der Waals surface area contributed by atoms with Gasteiger partial charge in [0.1, 0.15) is 0 Å². The Labute approximate surface area is 102 Å². The third-order valence-corrected chi connectivity index (χ3v) is 2.74. The molecular weight excluding hydrogens is 236 g/mol. The monoisotopic (exact) mass is 252 g/mol. The van der Waals surface area contributed by atoms with Gasteiger partial charge in [-0.2, -0.15) is 0 Å². The molecule has 0 aliphatic heterocycles. The molecule has 0 atom stereocenters. The summed E-state index contributed by atoms with van der Waals surface area (Å²) in [5.41, 5.74) is 0.858. The summed E-state index contributed by atoms with van der Waals surface area (Å²) in [5.74, 6) is -0.768. The van der Waals surface area contributed by atoms with Crippen LogP contribution >= 0.6 is 0 Å². The van der Waals surface area contributed by atoms with E-state index in [2.05, 4.69) is 4.74 Å². The zero-order chi connectivity index (χ0) is 13.1. The molecule has 1 rings (SSSR count). The highest BCUT2D eigenvalue weighted by molar-refractivity contribution is 6.71. The Morgan fingerprint density at radius 2 is 1.35 bits per heavy atom. The number of carbonyl (C=O) groups is 2. The van der Waals surface area contributed by atoms with Crippen LogP contribution in [0.2, 0.25) is 19.6 Å². The maximum absolute atomic E-state index is 11.7. The molecule has 0 spiro atoms. The molecule has 0 amide bonds. The molecule has 0 unspecified atom stereocenters. The number of rotatable bonds is 3. The Balaban J connectivity index is 2.81. The van der Waals surface area contributed by atoms with Crippen molar-refractivity contribution in [3.05, 3.63) is 35.4 Å². The summed E-state index contributed by atoms with van der Waals surface area (Å²) in [7, 11) is -0.571. The first-order valence-corrected chi connectivity index (χ1v) is 8.66. The topological polar surface area (TPSA) is 52.6 Å². The van der Waals surface area contributed by atoms with Gasteiger partial charge in [0, 0.05) is 0 Å². The molecule has 0 fully saturated rings. The van der Waals surface area contributed by atoms with Crippen LogP contribution in [-0.2, 0) is 9.16 Å². The van der Waals surface area contributed by atoms with Crippen LogP contribution < -0.4 is 0 Å². The molecule has 0 aromatic heterocycles. The fraction of sp³-hybridized carbons (Fsp3) is 0.333. The van der Waals surface area contributed by atoms with Crippen LogP contribution in [-0.4, -0.2) is 27.4 Å². The lowest BCUT2D eigenvalue weighted by atomic mass is 10.1. The van der Waals surface area contributed by atoms with Gasteiger partial charge in [0.2, 0.25) is 8.32 Å². The number of carbonyl (C=O) groups excluding carboxylic acids is 2. The van der Waals surface area contributed by atoms with E-state index in [1.807, 2.05) is 19.6 Å². The Morgan fingerprint density at radius 1 is 0.941 bits per heavy atom. The van der Waals surface area contributed by atoms with Gasteiger partial charge in [0.25, 0.3) is 0 Å². The molecule has 1 aromatic carbocycles. The Hall–Kier alpha value is -1.62. The van der Waals surface area contributed by atoms with Crippen LogP contribution in [0.4, 0.5) is 0 Å². The molecule has 0 aliphatic carbocycles. The van der Waals surface area contributed by atoms with E-state index >= 15 is 0 Å². The smallest absolute Gasteiger partial charge is 0.337 e. The van der Waals surface area contributed by atoms with E-state index in [1.165, 1.54) is 7.11 Å². The van der Waals surface area contributed by atoms with Crippen LogP contribution in [0.3, 0.4) is 0 Å². The quantitative estimate of drug-likeness (QED) is 0.612. The van der Waals surface area contributed by atoms with Gasteiger partial charge in [0.15, 0.2) is 0 Å². The lowest BCUT2D eigenvalue weighted by molar-refractivity contribution is 0.0599. The number of esters is 1. The Morgan fingerprint density at radius 3 is 1.71 bits per heavy atom. The van der Waals surface area contributed by atoms with Crippen molar-refractivity contribution in [2.24, 2.45) is 0 Å². The fourth-order valence-corrected chi connectivity index (χ4v) is 1.87. The minimum Gasteiger partial charge on any atom is -0.516 e. The zero-order valence-corrected chi connectivity index (χ0v) is 11.4. The van der Waals surface area contributed by atoms with Crippen LogP contribution in [0.5, 0.6) is 0 Å². The van der Waals surface area contributed by atoms with E-state index < -0.39 is 14.3 Å². The molecule has 17 heavy (non-hydrogen) atoms. The van der Waals surface area contributed by atoms with Gasteiger partial charge in [-0.05, 0) is 43.9 Å². The van der Waals surface area contributed by atoms with Crippen molar-refractivity contribution in [2.45, 2.75) is 19.6 Å². The van der Waals surface area contributed by atoms with Crippen molar-refractivity contribution in [1.82, 2.24) is 0 Å². The van der Waals surface area contributed by atoms with Gasteiger partial charge in [0.05, 0.1) is 18.2 Å². The van der Waals surface area contributed by atoms with Crippen LogP contribution in [0.1, 0.15) is 20.7 Å². The second-order valence-electron chi connectivity index (χ2n) is 4.57. The van der Waals surface area contributed by atoms with E-state index in [1.54, 1.807) is 24.3 Å². The van der Waals surface area contributed by atoms with Crippen molar-refractivity contribution in [3.63, 3.8) is 0 Å². The van der Waals surface area contributed by atoms with Gasteiger partial charge in [-0.1, -0.05) is 0 Å². The summed E-state index contributed by atoms with van der Waals surface area (Å²) in [6, 6.07) is 6.22. The average molecular weight is 252 g/mol. The van der Waals surface area contributed by atoms with E-state index in [9.17, 15) is 9.59 Å². The van der Waals surface area contributed by atoms with Crippen LogP contribution in [0, 0.1) is 0 Å². The first kappa shape index (κ1) is 13.4. The molecular formula is C12H16O4Si. The minimum atomic E-state index is -1.89. The summed E-state index contributed by atoms with van der Waals surface area (Å²) >= 11 is 0. The second-order valence-corrected chi connectivity index (χ2v) is 9.00. The first-order chi connectivity index (χ1) is 7.83. The number of ether oxygens (including phenoxy) is 1. The number of hydrogen-bond acceptors (Lipinski definition) is 4. The van der Waals surface area contributed by atoms with E-state index in [0.29, 0.717) is 11.1 Å². The third kappa shape index (κ3) is 4.03. The normalized spacial score (nSPS) is 10.8. The minimum absolute atomic E-state index is 0.347. The number of hydrogen-bond donors (Lipinski definition) is 0. The van der Waals surface area contributed by atoms with E-state index in [4.69, 9.17) is 4.43 Å². The van der Waals surface area contributed by atoms with Crippen molar-refractivity contribution in [1.29, 1.82) is 0 Å². The lowest BCUT2D eigenvalue weighted by Gasteiger charge is -2.17. The van der Waals surface area contributed by atoms with Gasteiger partial charge in [-0.3, -0.25) is 0 Å². The number of benzene rings is 1. The summed E-state index contributed by atoms with van der Waals surface area (Å²) in [6.45, 7) is 5.81. The van der Waals surface area contributed by atoms with E-state index in [-0.39, 0.29) is 5.97 Å². The number of methoxy groups -OCH3 is 1. The summed E-state index contributed by atoms with van der Waals surface area (Å²) in [5, 5.41) is 0. The van der Waals surface area contributed by atoms with E-state index in [0.717, 1.165) is 0 Å². The molecule has 0 bridgehead atoms. The van der Waals surface area contributed by atoms with Crippen molar-refractivity contribution >= 4 is 20.3 Å². The highest BCUT2D eigenvalue weighted by atomic mass is 28.4. The first-order valence-electron chi connectivity index (χ1n) is 5.25. The lowest BCUT2D eigenvalue weighted by Crippen LogP contribution is -2.29. The summed E-state index contributed by atoms with van der Waals surface area (Å²) < 4.78 is 9.90. The average Bonchev–Trinajstić information content (AvgIpc) is 2.26. The van der Waals surface area contributed by atoms with Crippen LogP contribution in [0.15, 0.2) is 24.3 Å². The molecule has 4 nitrogen and oxygen atoms in total. The highest BCUT2D eigenvalue weighted by Crippen LogP contribution is 2.11. The molecule has 0 aliphatic rings. The molecule has 1 aromatic rings. The predicted octanol–water partition coefficient (Wildman–Crippen LogP) is 2.46. The third-order valence-electron chi connectivity index (χ3n) is 1.94. The summed E-state index contributed by atoms with van der Waals surface area (Å²) in [4.78, 5) is 22.9. The molecule has 0 saturated heterocycles. The molecule has 92 valence electrons. The molecule has 0 heterocycles. The van der Waals surface area contributed by atoms with Gasteiger partial charge in [-0.15, -0.1) is 0 Å². The van der Waals surface area contributed by atoms with Crippen molar-refractivity contribution < 1.29 is 18.8 Å².